The van der Waals surface area contributed by atoms with E-state index >= 15 is 0 Å². The molecule has 0 aliphatic rings. The molecule has 0 unspecified atom stereocenters. The van der Waals surface area contributed by atoms with Gasteiger partial charge in [0.05, 0.1) is 5.02 Å². The van der Waals surface area contributed by atoms with Gasteiger partial charge in [0, 0.05) is 22.5 Å². The molecule has 0 atom stereocenters. The van der Waals surface area contributed by atoms with Crippen molar-refractivity contribution >= 4 is 28.7 Å². The predicted octanol–water partition coefficient (Wildman–Crippen LogP) is 7.29. The van der Waals surface area contributed by atoms with Crippen LogP contribution in [0.25, 0.3) is 11.1 Å². The van der Waals surface area contributed by atoms with Crippen LogP contribution in [0, 0.1) is 6.92 Å². The van der Waals surface area contributed by atoms with E-state index in [1.54, 1.807) is 0 Å². The van der Waals surface area contributed by atoms with Crippen molar-refractivity contribution in [2.24, 2.45) is 5.16 Å². The minimum absolute atomic E-state index is 0.454. The average Bonchev–Trinajstić information content (AvgIpc) is 2.77. The second-order valence-corrected chi connectivity index (χ2v) is 7.44. The first kappa shape index (κ1) is 19.7. The average molecular weight is 413 g/mol. The largest absolute Gasteiger partial charge is 0.410 e. The van der Waals surface area contributed by atoms with Crippen molar-refractivity contribution in [3.8, 4) is 11.1 Å². The molecular weight excluding hydrogens is 392 g/mol. The van der Waals surface area contributed by atoms with Gasteiger partial charge in [-0.25, -0.2) is 0 Å². The van der Waals surface area contributed by atoms with Crippen molar-refractivity contribution in [1.29, 1.82) is 0 Å². The molecule has 0 bridgehead atoms. The van der Waals surface area contributed by atoms with Gasteiger partial charge in [-0.3, -0.25) is 0 Å². The Morgan fingerprint density at radius 3 is 2.17 bits per heavy atom. The molecule has 4 aromatic rings. The summed E-state index contributed by atoms with van der Waals surface area (Å²) in [6.07, 6.45) is 0. The number of hydrogen-bond acceptors (Lipinski definition) is 3. The molecule has 2 N–H and O–H groups in total. The van der Waals surface area contributed by atoms with Crippen LogP contribution < -0.4 is 5.32 Å². The van der Waals surface area contributed by atoms with Gasteiger partial charge in [0.25, 0.3) is 0 Å². The van der Waals surface area contributed by atoms with Gasteiger partial charge in [-0.05, 0) is 53.9 Å². The smallest absolute Gasteiger partial charge is 0.118 e. The zero-order chi connectivity index (χ0) is 20.9. The molecule has 0 radical (unpaired) electrons. The number of hydrogen-bond donors (Lipinski definition) is 2. The summed E-state index contributed by atoms with van der Waals surface area (Å²) in [5, 5.41) is 17.1. The summed E-state index contributed by atoms with van der Waals surface area (Å²) in [6, 6.07) is 31.9. The maximum atomic E-state index is 9.64. The zero-order valence-corrected chi connectivity index (χ0v) is 17.3. The lowest BCUT2D eigenvalue weighted by molar-refractivity contribution is 0.319. The minimum Gasteiger partial charge on any atom is -0.410 e. The Kier molecular flexibility index (Phi) is 5.82. The Hall–Kier alpha value is -3.56. The molecule has 4 rings (SSSR count). The molecule has 4 aromatic carbocycles. The summed E-state index contributed by atoms with van der Waals surface area (Å²) in [5.74, 6) is 0. The summed E-state index contributed by atoms with van der Waals surface area (Å²) in [6.45, 7) is 1.98. The van der Waals surface area contributed by atoms with E-state index in [1.807, 2.05) is 79.7 Å². The normalized spacial score (nSPS) is 11.3. The summed E-state index contributed by atoms with van der Waals surface area (Å²) < 4.78 is 0. The fourth-order valence-electron chi connectivity index (χ4n) is 3.45. The first-order valence-electron chi connectivity index (χ1n) is 9.66. The molecule has 4 heteroatoms. The van der Waals surface area contributed by atoms with E-state index in [2.05, 4.69) is 34.7 Å². The molecule has 148 valence electrons. The monoisotopic (exact) mass is 412 g/mol. The first-order valence-corrected chi connectivity index (χ1v) is 10.0. The van der Waals surface area contributed by atoms with Gasteiger partial charge in [-0.1, -0.05) is 83.5 Å². The fraction of sp³-hybridized carbons (Fsp3) is 0.0385. The fourth-order valence-corrected chi connectivity index (χ4v) is 3.72. The Balaban J connectivity index is 1.61. The van der Waals surface area contributed by atoms with Gasteiger partial charge in [0.15, 0.2) is 0 Å². The third kappa shape index (κ3) is 4.22. The third-order valence-corrected chi connectivity index (χ3v) is 5.30. The van der Waals surface area contributed by atoms with Gasteiger partial charge >= 0.3 is 0 Å². The Morgan fingerprint density at radius 2 is 1.43 bits per heavy atom. The standard InChI is InChI=1S/C26H21ClN2O/c1-18-8-5-6-13-23(18)26(29-30)24-15-14-22(17-25(24)27)28-21-12-7-11-20(16-21)19-9-3-2-4-10-19/h2-17,28,30H,1H3. The number of nitrogens with one attached hydrogen (secondary N) is 1. The van der Waals surface area contributed by atoms with Crippen LogP contribution in [0.3, 0.4) is 0 Å². The highest BCUT2D eigenvalue weighted by Gasteiger charge is 2.14. The van der Waals surface area contributed by atoms with E-state index in [0.29, 0.717) is 16.3 Å². The number of oxime groups is 1. The predicted molar refractivity (Wildman–Crippen MR) is 125 cm³/mol. The Bertz CT molecular complexity index is 1200. The quantitative estimate of drug-likeness (QED) is 0.205. The molecule has 0 saturated carbocycles. The number of nitrogens with zero attached hydrogens (tertiary/aromatic N) is 1. The molecule has 0 amide bonds. The number of anilines is 2. The van der Waals surface area contributed by atoms with Gasteiger partial charge in [-0.2, -0.15) is 0 Å². The highest BCUT2D eigenvalue weighted by Crippen LogP contribution is 2.29. The first-order chi connectivity index (χ1) is 14.7. The number of rotatable bonds is 5. The van der Waals surface area contributed by atoms with Gasteiger partial charge in [0.1, 0.15) is 5.71 Å². The zero-order valence-electron chi connectivity index (χ0n) is 16.5. The summed E-state index contributed by atoms with van der Waals surface area (Å²) in [4.78, 5) is 0. The van der Waals surface area contributed by atoms with Gasteiger partial charge in [0.2, 0.25) is 0 Å². The van der Waals surface area contributed by atoms with Crippen LogP contribution in [0.2, 0.25) is 5.02 Å². The lowest BCUT2D eigenvalue weighted by atomic mass is 9.98. The summed E-state index contributed by atoms with van der Waals surface area (Å²) in [5.41, 5.74) is 7.12. The van der Waals surface area contributed by atoms with Crippen molar-refractivity contribution in [3.05, 3.63) is 119 Å². The van der Waals surface area contributed by atoms with Crippen LogP contribution in [-0.2, 0) is 0 Å². The molecule has 0 aliphatic carbocycles. The molecule has 0 heterocycles. The molecular formula is C26H21ClN2O. The highest BCUT2D eigenvalue weighted by atomic mass is 35.5. The third-order valence-electron chi connectivity index (χ3n) is 4.98. The number of benzene rings is 4. The topological polar surface area (TPSA) is 44.6 Å². The van der Waals surface area contributed by atoms with E-state index < -0.39 is 0 Å². The van der Waals surface area contributed by atoms with Gasteiger partial charge in [-0.15, -0.1) is 0 Å². The van der Waals surface area contributed by atoms with Crippen LogP contribution >= 0.6 is 11.6 Å². The Morgan fingerprint density at radius 1 is 0.733 bits per heavy atom. The lowest BCUT2D eigenvalue weighted by Crippen LogP contribution is -2.06. The maximum absolute atomic E-state index is 9.64. The minimum atomic E-state index is 0.454. The second kappa shape index (κ2) is 8.85. The van der Waals surface area contributed by atoms with E-state index in [1.165, 1.54) is 0 Å². The summed E-state index contributed by atoms with van der Waals surface area (Å²) >= 11 is 6.57. The molecule has 3 nitrogen and oxygen atoms in total. The Labute approximate surface area is 181 Å². The highest BCUT2D eigenvalue weighted by molar-refractivity contribution is 6.35. The molecule has 0 saturated heterocycles. The van der Waals surface area contributed by atoms with Crippen molar-refractivity contribution in [3.63, 3.8) is 0 Å². The lowest BCUT2D eigenvalue weighted by Gasteiger charge is -2.13. The van der Waals surface area contributed by atoms with Crippen LogP contribution in [0.4, 0.5) is 11.4 Å². The van der Waals surface area contributed by atoms with Crippen LogP contribution in [-0.4, -0.2) is 10.9 Å². The molecule has 30 heavy (non-hydrogen) atoms. The van der Waals surface area contributed by atoms with Crippen molar-refractivity contribution < 1.29 is 5.21 Å². The molecule has 0 aliphatic heterocycles. The van der Waals surface area contributed by atoms with Crippen molar-refractivity contribution in [2.75, 3.05) is 5.32 Å². The van der Waals surface area contributed by atoms with Crippen LogP contribution in [0.5, 0.6) is 0 Å². The van der Waals surface area contributed by atoms with E-state index in [4.69, 9.17) is 11.6 Å². The van der Waals surface area contributed by atoms with Crippen molar-refractivity contribution in [1.82, 2.24) is 0 Å². The maximum Gasteiger partial charge on any atom is 0.118 e. The van der Waals surface area contributed by atoms with Gasteiger partial charge < -0.3 is 10.5 Å². The molecule has 0 spiro atoms. The number of halogens is 1. The summed E-state index contributed by atoms with van der Waals surface area (Å²) in [7, 11) is 0. The second-order valence-electron chi connectivity index (χ2n) is 7.03. The molecule has 0 aromatic heterocycles. The van der Waals surface area contributed by atoms with Crippen LogP contribution in [0.15, 0.2) is 102 Å². The van der Waals surface area contributed by atoms with Crippen LogP contribution in [0.1, 0.15) is 16.7 Å². The van der Waals surface area contributed by atoms with E-state index in [9.17, 15) is 5.21 Å². The SMILES string of the molecule is Cc1ccccc1C(=NO)c1ccc(Nc2cccc(-c3ccccc3)c2)cc1Cl. The molecule has 0 fully saturated rings. The van der Waals surface area contributed by atoms with E-state index in [0.717, 1.165) is 33.6 Å². The van der Waals surface area contributed by atoms with Crippen molar-refractivity contribution in [2.45, 2.75) is 6.92 Å². The number of aryl methyl sites for hydroxylation is 1. The van der Waals surface area contributed by atoms with E-state index in [-0.39, 0.29) is 0 Å².